The SMILES string of the molecule is CCC(CC)(CBr)NC(=O)CC1CC1. The summed E-state index contributed by atoms with van der Waals surface area (Å²) in [5.74, 6) is 0.910. The molecule has 3 heteroatoms. The predicted octanol–water partition coefficient (Wildman–Crippen LogP) is 2.86. The summed E-state index contributed by atoms with van der Waals surface area (Å²) < 4.78 is 0. The lowest BCUT2D eigenvalue weighted by Crippen LogP contribution is -2.49. The van der Waals surface area contributed by atoms with Gasteiger partial charge in [0.2, 0.25) is 5.91 Å². The van der Waals surface area contributed by atoms with E-state index in [0.717, 1.165) is 24.6 Å². The topological polar surface area (TPSA) is 29.1 Å². The van der Waals surface area contributed by atoms with Crippen molar-refractivity contribution >= 4 is 21.8 Å². The summed E-state index contributed by atoms with van der Waals surface area (Å²) >= 11 is 3.49. The van der Waals surface area contributed by atoms with Gasteiger partial charge in [-0.15, -0.1) is 0 Å². The van der Waals surface area contributed by atoms with E-state index >= 15 is 0 Å². The normalized spacial score (nSPS) is 16.8. The number of amides is 1. The third-order valence-corrected chi connectivity index (χ3v) is 4.26. The summed E-state index contributed by atoms with van der Waals surface area (Å²) in [5.41, 5.74) is -0.0219. The van der Waals surface area contributed by atoms with Crippen molar-refractivity contribution < 1.29 is 4.79 Å². The van der Waals surface area contributed by atoms with Crippen LogP contribution in [-0.4, -0.2) is 16.8 Å². The van der Waals surface area contributed by atoms with Gasteiger partial charge < -0.3 is 5.32 Å². The summed E-state index contributed by atoms with van der Waals surface area (Å²) in [7, 11) is 0. The van der Waals surface area contributed by atoms with Crippen LogP contribution in [0.2, 0.25) is 0 Å². The van der Waals surface area contributed by atoms with Gasteiger partial charge in [0.15, 0.2) is 0 Å². The van der Waals surface area contributed by atoms with Gasteiger partial charge in [0.05, 0.1) is 0 Å². The highest BCUT2D eigenvalue weighted by atomic mass is 79.9. The van der Waals surface area contributed by atoms with Crippen molar-refractivity contribution in [3.05, 3.63) is 0 Å². The first-order valence-corrected chi connectivity index (χ1v) is 6.65. The standard InChI is InChI=1S/C11H20BrNO/c1-3-11(4-2,8-12)13-10(14)7-9-5-6-9/h9H,3-8H2,1-2H3,(H,13,14). The third-order valence-electron chi connectivity index (χ3n) is 3.18. The Hall–Kier alpha value is -0.0500. The molecule has 14 heavy (non-hydrogen) atoms. The highest BCUT2D eigenvalue weighted by Crippen LogP contribution is 2.32. The minimum atomic E-state index is -0.0219. The maximum atomic E-state index is 11.7. The first-order valence-electron chi connectivity index (χ1n) is 5.52. The van der Waals surface area contributed by atoms with Crippen molar-refractivity contribution in [2.45, 2.75) is 51.5 Å². The van der Waals surface area contributed by atoms with Crippen molar-refractivity contribution in [3.8, 4) is 0 Å². The van der Waals surface area contributed by atoms with Crippen molar-refractivity contribution in [2.75, 3.05) is 5.33 Å². The first-order chi connectivity index (χ1) is 6.65. The van der Waals surface area contributed by atoms with Gasteiger partial charge in [0.25, 0.3) is 0 Å². The molecule has 0 radical (unpaired) electrons. The zero-order valence-corrected chi connectivity index (χ0v) is 10.7. The van der Waals surface area contributed by atoms with Crippen LogP contribution in [0, 0.1) is 5.92 Å². The van der Waals surface area contributed by atoms with Crippen molar-refractivity contribution in [1.29, 1.82) is 0 Å². The van der Waals surface area contributed by atoms with Crippen LogP contribution in [0.5, 0.6) is 0 Å². The van der Waals surface area contributed by atoms with E-state index < -0.39 is 0 Å². The predicted molar refractivity (Wildman–Crippen MR) is 62.6 cm³/mol. The number of hydrogen-bond donors (Lipinski definition) is 1. The zero-order valence-electron chi connectivity index (χ0n) is 9.11. The van der Waals surface area contributed by atoms with E-state index in [1.165, 1.54) is 12.8 Å². The molecule has 0 atom stereocenters. The van der Waals surface area contributed by atoms with Gasteiger partial charge in [-0.1, -0.05) is 29.8 Å². The maximum absolute atomic E-state index is 11.7. The van der Waals surface area contributed by atoms with E-state index in [0.29, 0.717) is 5.92 Å². The van der Waals surface area contributed by atoms with Gasteiger partial charge in [-0.05, 0) is 31.6 Å². The number of carbonyl (C=O) groups is 1. The summed E-state index contributed by atoms with van der Waals surface area (Å²) in [4.78, 5) is 11.7. The Bertz CT molecular complexity index is 189. The number of alkyl halides is 1. The van der Waals surface area contributed by atoms with Crippen LogP contribution in [0.4, 0.5) is 0 Å². The Labute approximate surface area is 95.0 Å². The Morgan fingerprint density at radius 2 is 2.00 bits per heavy atom. The monoisotopic (exact) mass is 261 g/mol. The second-order valence-electron chi connectivity index (χ2n) is 4.32. The third kappa shape index (κ3) is 3.26. The molecule has 1 amide bonds. The summed E-state index contributed by atoms with van der Waals surface area (Å²) in [5, 5.41) is 4.02. The molecule has 1 N–H and O–H groups in total. The molecule has 0 bridgehead atoms. The summed E-state index contributed by atoms with van der Waals surface area (Å²) in [6.07, 6.45) is 5.20. The molecule has 0 aromatic heterocycles. The number of hydrogen-bond acceptors (Lipinski definition) is 1. The average molecular weight is 262 g/mol. The minimum Gasteiger partial charge on any atom is -0.350 e. The number of rotatable bonds is 6. The summed E-state index contributed by atoms with van der Waals surface area (Å²) in [6, 6.07) is 0. The number of halogens is 1. The Morgan fingerprint density at radius 3 is 2.36 bits per heavy atom. The van der Waals surface area contributed by atoms with Gasteiger partial charge in [-0.25, -0.2) is 0 Å². The van der Waals surface area contributed by atoms with E-state index in [-0.39, 0.29) is 11.4 Å². The van der Waals surface area contributed by atoms with E-state index in [1.807, 2.05) is 0 Å². The molecule has 0 spiro atoms. The van der Waals surface area contributed by atoms with Crippen LogP contribution in [0.3, 0.4) is 0 Å². The Morgan fingerprint density at radius 1 is 1.43 bits per heavy atom. The van der Waals surface area contributed by atoms with Gasteiger partial charge in [0, 0.05) is 17.3 Å². The second kappa shape index (κ2) is 5.15. The molecule has 1 aliphatic rings. The van der Waals surface area contributed by atoms with Crippen molar-refractivity contribution in [2.24, 2.45) is 5.92 Å². The molecule has 0 saturated heterocycles. The van der Waals surface area contributed by atoms with E-state index in [2.05, 4.69) is 35.1 Å². The molecule has 1 fully saturated rings. The van der Waals surface area contributed by atoms with Crippen molar-refractivity contribution in [3.63, 3.8) is 0 Å². The molecule has 82 valence electrons. The fourth-order valence-corrected chi connectivity index (χ4v) is 2.51. The lowest BCUT2D eigenvalue weighted by atomic mass is 9.95. The highest BCUT2D eigenvalue weighted by molar-refractivity contribution is 9.09. The van der Waals surface area contributed by atoms with E-state index in [4.69, 9.17) is 0 Å². The van der Waals surface area contributed by atoms with Crippen LogP contribution >= 0.6 is 15.9 Å². The lowest BCUT2D eigenvalue weighted by Gasteiger charge is -2.30. The number of carbonyl (C=O) groups excluding carboxylic acids is 1. The number of nitrogens with one attached hydrogen (secondary N) is 1. The molecule has 0 aromatic carbocycles. The molecule has 0 aromatic rings. The van der Waals surface area contributed by atoms with Crippen LogP contribution in [0.1, 0.15) is 46.0 Å². The van der Waals surface area contributed by atoms with Gasteiger partial charge in [0.1, 0.15) is 0 Å². The van der Waals surface area contributed by atoms with Gasteiger partial charge >= 0.3 is 0 Å². The largest absolute Gasteiger partial charge is 0.350 e. The molecular formula is C11H20BrNO. The van der Waals surface area contributed by atoms with Crippen LogP contribution in [-0.2, 0) is 4.79 Å². The molecule has 0 aliphatic heterocycles. The Balaban J connectivity index is 2.40. The quantitative estimate of drug-likeness (QED) is 0.733. The molecule has 1 saturated carbocycles. The average Bonchev–Trinajstić information content (AvgIpc) is 2.98. The lowest BCUT2D eigenvalue weighted by molar-refractivity contribution is -0.123. The molecule has 2 nitrogen and oxygen atoms in total. The van der Waals surface area contributed by atoms with E-state index in [1.54, 1.807) is 0 Å². The van der Waals surface area contributed by atoms with Gasteiger partial charge in [-0.2, -0.15) is 0 Å². The molecule has 0 unspecified atom stereocenters. The smallest absolute Gasteiger partial charge is 0.220 e. The fraction of sp³-hybridized carbons (Fsp3) is 0.909. The Kier molecular flexibility index (Phi) is 4.42. The van der Waals surface area contributed by atoms with Crippen LogP contribution in [0.25, 0.3) is 0 Å². The van der Waals surface area contributed by atoms with Crippen LogP contribution in [0.15, 0.2) is 0 Å². The minimum absolute atomic E-state index is 0.0219. The molecule has 1 aliphatic carbocycles. The molecule has 0 heterocycles. The second-order valence-corrected chi connectivity index (χ2v) is 4.88. The van der Waals surface area contributed by atoms with E-state index in [9.17, 15) is 4.79 Å². The van der Waals surface area contributed by atoms with Crippen LogP contribution < -0.4 is 5.32 Å². The maximum Gasteiger partial charge on any atom is 0.220 e. The highest BCUT2D eigenvalue weighted by Gasteiger charge is 2.30. The summed E-state index contributed by atoms with van der Waals surface area (Å²) in [6.45, 7) is 4.25. The zero-order chi connectivity index (χ0) is 10.6. The van der Waals surface area contributed by atoms with Crippen molar-refractivity contribution in [1.82, 2.24) is 5.32 Å². The molecule has 1 rings (SSSR count). The first kappa shape index (κ1) is 12.0. The fourth-order valence-electron chi connectivity index (χ4n) is 1.58. The molecular weight excluding hydrogens is 242 g/mol. The van der Waals surface area contributed by atoms with Gasteiger partial charge in [-0.3, -0.25) is 4.79 Å².